The number of unbranched alkanes of at least 4 members (excludes halogenated alkanes) is 1. The fraction of sp³-hybridized carbons (Fsp3) is 0.476. The number of sulfonamides is 1. The lowest BCUT2D eigenvalue weighted by Crippen LogP contribution is -2.46. The smallest absolute Gasteiger partial charge is 0.303 e. The molecule has 1 aromatic rings. The van der Waals surface area contributed by atoms with Crippen molar-refractivity contribution in [3.05, 3.63) is 53.2 Å². The molecule has 0 saturated carbocycles. The zero-order valence-corrected chi connectivity index (χ0v) is 16.9. The van der Waals surface area contributed by atoms with Gasteiger partial charge in [-0.1, -0.05) is 24.3 Å². The lowest BCUT2D eigenvalue weighted by Gasteiger charge is -2.27. The molecule has 2 aliphatic heterocycles. The predicted octanol–water partition coefficient (Wildman–Crippen LogP) is 3.46. The third-order valence-corrected chi connectivity index (χ3v) is 6.44. The van der Waals surface area contributed by atoms with Crippen LogP contribution in [0, 0.1) is 11.7 Å². The molecule has 6 nitrogen and oxygen atoms in total. The van der Waals surface area contributed by atoms with Crippen LogP contribution in [-0.2, 0) is 19.6 Å². The molecule has 2 heterocycles. The van der Waals surface area contributed by atoms with Gasteiger partial charge in [0, 0.05) is 17.7 Å². The number of allylic oxidation sites excluding steroid dienone is 2. The maximum atomic E-state index is 13.3. The number of ether oxygens (including phenoxy) is 1. The van der Waals surface area contributed by atoms with Crippen molar-refractivity contribution in [1.29, 1.82) is 0 Å². The third-order valence-electron chi connectivity index (χ3n) is 5.35. The molecule has 2 N–H and O–H groups in total. The summed E-state index contributed by atoms with van der Waals surface area (Å²) in [4.78, 5) is 10.5. The normalized spacial score (nSPS) is 26.7. The minimum absolute atomic E-state index is 0.0311. The van der Waals surface area contributed by atoms with Crippen molar-refractivity contribution in [2.24, 2.45) is 5.92 Å². The van der Waals surface area contributed by atoms with Gasteiger partial charge in [0.1, 0.15) is 5.82 Å². The maximum absolute atomic E-state index is 13.3. The molecule has 2 fully saturated rings. The number of halogens is 1. The Balaban J connectivity index is 1.58. The molecule has 0 amide bonds. The van der Waals surface area contributed by atoms with Crippen LogP contribution in [0.25, 0.3) is 6.08 Å². The fourth-order valence-corrected chi connectivity index (χ4v) is 5.11. The van der Waals surface area contributed by atoms with E-state index >= 15 is 0 Å². The second kappa shape index (κ2) is 9.65. The minimum atomic E-state index is -3.70. The van der Waals surface area contributed by atoms with Crippen LogP contribution in [0.2, 0.25) is 0 Å². The van der Waals surface area contributed by atoms with E-state index < -0.39 is 21.8 Å². The quantitative estimate of drug-likeness (QED) is 0.444. The Kier molecular flexibility index (Phi) is 7.21. The summed E-state index contributed by atoms with van der Waals surface area (Å²) in [5.41, 5.74) is 0.473. The molecule has 2 aliphatic rings. The Bertz CT molecular complexity index is 883. The number of nitrogens with one attached hydrogen (secondary N) is 1. The zero-order chi connectivity index (χ0) is 20.9. The van der Waals surface area contributed by atoms with E-state index in [-0.39, 0.29) is 30.6 Å². The summed E-state index contributed by atoms with van der Waals surface area (Å²) >= 11 is 0. The van der Waals surface area contributed by atoms with Crippen LogP contribution < -0.4 is 4.72 Å². The molecule has 4 unspecified atom stereocenters. The number of carboxylic acids is 1. The van der Waals surface area contributed by atoms with E-state index in [9.17, 15) is 17.6 Å². The molecular weight excluding hydrogens is 397 g/mol. The average molecular weight is 424 g/mol. The van der Waals surface area contributed by atoms with E-state index in [1.165, 1.54) is 24.3 Å². The molecule has 0 spiro atoms. The van der Waals surface area contributed by atoms with Crippen molar-refractivity contribution in [3.63, 3.8) is 0 Å². The Morgan fingerprint density at radius 3 is 2.83 bits per heavy atom. The fourth-order valence-electron chi connectivity index (χ4n) is 3.99. The molecule has 29 heavy (non-hydrogen) atoms. The molecule has 3 rings (SSSR count). The molecule has 0 radical (unpaired) electrons. The molecule has 158 valence electrons. The summed E-state index contributed by atoms with van der Waals surface area (Å²) in [5.74, 6) is -1.18. The Labute approximate surface area is 170 Å². The molecule has 1 aromatic carbocycles. The highest BCUT2D eigenvalue weighted by Crippen LogP contribution is 2.41. The van der Waals surface area contributed by atoms with Gasteiger partial charge in [0.25, 0.3) is 0 Å². The van der Waals surface area contributed by atoms with Gasteiger partial charge in [-0.3, -0.25) is 4.79 Å². The average Bonchev–Trinajstić information content (AvgIpc) is 3.25. The van der Waals surface area contributed by atoms with Gasteiger partial charge in [-0.15, -0.1) is 0 Å². The minimum Gasteiger partial charge on any atom is -0.481 e. The lowest BCUT2D eigenvalue weighted by molar-refractivity contribution is -0.137. The van der Waals surface area contributed by atoms with Crippen molar-refractivity contribution < 1.29 is 27.4 Å². The van der Waals surface area contributed by atoms with E-state index in [4.69, 9.17) is 9.84 Å². The standard InChI is InChI=1S/C21H26FNO5S/c22-16-7-5-6-15(14-16)12-13-29(26,27)23-21-17(18-10-11-19(21)28-18)8-3-1-2-4-9-20(24)25/h1,3,5-7,12-14,17-19,21,23H,2,4,8-11H2,(H,24,25)/b3-1+,13-12+. The summed E-state index contributed by atoms with van der Waals surface area (Å²) in [6.45, 7) is 0. The van der Waals surface area contributed by atoms with Gasteiger partial charge in [0.2, 0.25) is 10.0 Å². The number of aliphatic carboxylic acids is 1. The van der Waals surface area contributed by atoms with E-state index in [2.05, 4.69) is 4.72 Å². The summed E-state index contributed by atoms with van der Waals surface area (Å²) in [5, 5.41) is 9.72. The number of hydrogen-bond acceptors (Lipinski definition) is 4. The molecular formula is C21H26FNO5S. The Morgan fingerprint density at radius 2 is 2.07 bits per heavy atom. The molecule has 0 aromatic heterocycles. The summed E-state index contributed by atoms with van der Waals surface area (Å²) in [6, 6.07) is 5.42. The zero-order valence-electron chi connectivity index (χ0n) is 16.0. The van der Waals surface area contributed by atoms with Crippen LogP contribution in [0.5, 0.6) is 0 Å². The van der Waals surface area contributed by atoms with E-state index in [0.717, 1.165) is 18.2 Å². The first-order valence-electron chi connectivity index (χ1n) is 9.82. The molecule has 4 atom stereocenters. The lowest BCUT2D eigenvalue weighted by atomic mass is 9.83. The first-order valence-corrected chi connectivity index (χ1v) is 11.4. The van der Waals surface area contributed by atoms with Crippen molar-refractivity contribution >= 4 is 22.1 Å². The monoisotopic (exact) mass is 423 g/mol. The highest BCUT2D eigenvalue weighted by atomic mass is 32.2. The van der Waals surface area contributed by atoms with E-state index in [1.807, 2.05) is 12.2 Å². The predicted molar refractivity (Wildman–Crippen MR) is 108 cm³/mol. The molecule has 2 saturated heterocycles. The van der Waals surface area contributed by atoms with Gasteiger partial charge in [0.05, 0.1) is 18.2 Å². The summed E-state index contributed by atoms with van der Waals surface area (Å²) in [7, 11) is -3.70. The van der Waals surface area contributed by atoms with E-state index in [1.54, 1.807) is 6.07 Å². The van der Waals surface area contributed by atoms with Crippen molar-refractivity contribution in [3.8, 4) is 0 Å². The summed E-state index contributed by atoms with van der Waals surface area (Å²) in [6.07, 6.45) is 9.02. The number of fused-ring (bicyclic) bond motifs is 2. The second-order valence-corrected chi connectivity index (χ2v) is 9.09. The van der Waals surface area contributed by atoms with Gasteiger partial charge >= 0.3 is 5.97 Å². The number of benzene rings is 1. The van der Waals surface area contributed by atoms with Gasteiger partial charge in [-0.25, -0.2) is 17.5 Å². The first-order chi connectivity index (χ1) is 13.8. The number of rotatable bonds is 10. The number of carbonyl (C=O) groups is 1. The first kappa shape index (κ1) is 21.7. The van der Waals surface area contributed by atoms with Crippen molar-refractivity contribution in [1.82, 2.24) is 4.72 Å². The van der Waals surface area contributed by atoms with Crippen molar-refractivity contribution in [2.75, 3.05) is 0 Å². The Hall–Kier alpha value is -2.03. The van der Waals surface area contributed by atoms with Gasteiger partial charge < -0.3 is 9.84 Å². The molecule has 2 bridgehead atoms. The second-order valence-electron chi connectivity index (χ2n) is 7.49. The summed E-state index contributed by atoms with van der Waals surface area (Å²) < 4.78 is 47.0. The highest BCUT2D eigenvalue weighted by Gasteiger charge is 2.49. The molecule has 8 heteroatoms. The van der Waals surface area contributed by atoms with Crippen LogP contribution in [0.3, 0.4) is 0 Å². The highest BCUT2D eigenvalue weighted by molar-refractivity contribution is 7.92. The van der Waals surface area contributed by atoms with Crippen LogP contribution in [0.1, 0.15) is 44.1 Å². The largest absolute Gasteiger partial charge is 0.481 e. The Morgan fingerprint density at radius 1 is 1.28 bits per heavy atom. The third kappa shape index (κ3) is 6.22. The number of carboxylic acid groups (broad SMARTS) is 1. The van der Waals surface area contributed by atoms with E-state index in [0.29, 0.717) is 24.8 Å². The molecule has 0 aliphatic carbocycles. The van der Waals surface area contributed by atoms with Crippen LogP contribution in [0.4, 0.5) is 4.39 Å². The van der Waals surface area contributed by atoms with Crippen molar-refractivity contribution in [2.45, 2.75) is 56.8 Å². The maximum Gasteiger partial charge on any atom is 0.303 e. The van der Waals surface area contributed by atoms with Gasteiger partial charge in [-0.05, 0) is 55.9 Å². The topological polar surface area (TPSA) is 92.7 Å². The SMILES string of the molecule is O=C(O)CCC/C=C/CC1C2CCC(O2)C1NS(=O)(=O)/C=C/c1cccc(F)c1. The number of hydrogen-bond donors (Lipinski definition) is 2. The van der Waals surface area contributed by atoms with Gasteiger partial charge in [-0.2, -0.15) is 0 Å². The van der Waals surface area contributed by atoms with Crippen LogP contribution in [-0.4, -0.2) is 37.7 Å². The van der Waals surface area contributed by atoms with Crippen LogP contribution >= 0.6 is 0 Å². The van der Waals surface area contributed by atoms with Crippen LogP contribution in [0.15, 0.2) is 41.8 Å². The van der Waals surface area contributed by atoms with Gasteiger partial charge in [0.15, 0.2) is 0 Å².